The number of benzene rings is 1. The molecular weight excluding hydrogens is 270 g/mol. The first-order valence-corrected chi connectivity index (χ1v) is 6.67. The molecule has 18 heavy (non-hydrogen) atoms. The van der Waals surface area contributed by atoms with Crippen molar-refractivity contribution in [3.8, 4) is 11.5 Å². The molecule has 96 valence electrons. The van der Waals surface area contributed by atoms with Crippen LogP contribution in [0.25, 0.3) is 0 Å². The summed E-state index contributed by atoms with van der Waals surface area (Å²) >= 11 is 7.34. The Morgan fingerprint density at radius 2 is 1.94 bits per heavy atom. The molecule has 0 radical (unpaired) electrons. The summed E-state index contributed by atoms with van der Waals surface area (Å²) in [4.78, 5) is 1.01. The Hall–Kier alpha value is -1.23. The van der Waals surface area contributed by atoms with Crippen LogP contribution >= 0.6 is 22.9 Å². The van der Waals surface area contributed by atoms with E-state index in [0.29, 0.717) is 18.1 Å². The zero-order chi connectivity index (χ0) is 13.0. The largest absolute Gasteiger partial charge is 0.493 e. The van der Waals surface area contributed by atoms with Crippen molar-refractivity contribution in [1.82, 2.24) is 0 Å². The van der Waals surface area contributed by atoms with Gasteiger partial charge in [0.1, 0.15) is 6.61 Å². The molecule has 0 aliphatic carbocycles. The molecule has 1 unspecified atom stereocenters. The van der Waals surface area contributed by atoms with Gasteiger partial charge in [-0.3, -0.25) is 0 Å². The first kappa shape index (κ1) is 13.2. The van der Waals surface area contributed by atoms with Gasteiger partial charge in [-0.2, -0.15) is 0 Å². The van der Waals surface area contributed by atoms with E-state index in [1.807, 2.05) is 36.4 Å². The first-order valence-electron chi connectivity index (χ1n) is 5.47. The number of nitrogens with two attached hydrogens (primary N) is 1. The van der Waals surface area contributed by atoms with Gasteiger partial charge in [-0.1, -0.05) is 23.7 Å². The van der Waals surface area contributed by atoms with Crippen molar-refractivity contribution < 1.29 is 9.47 Å². The molecule has 0 aliphatic rings. The number of hydrogen-bond acceptors (Lipinski definition) is 4. The third kappa shape index (κ3) is 3.16. The molecule has 0 amide bonds. The topological polar surface area (TPSA) is 44.5 Å². The Morgan fingerprint density at radius 3 is 2.56 bits per heavy atom. The number of rotatable bonds is 5. The smallest absolute Gasteiger partial charge is 0.161 e. The van der Waals surface area contributed by atoms with E-state index < -0.39 is 0 Å². The Labute approximate surface area is 115 Å². The molecule has 2 rings (SSSR count). The molecule has 0 saturated carbocycles. The van der Waals surface area contributed by atoms with Gasteiger partial charge in [0.2, 0.25) is 0 Å². The van der Waals surface area contributed by atoms with Crippen molar-refractivity contribution in [2.24, 2.45) is 5.73 Å². The lowest BCUT2D eigenvalue weighted by Crippen LogP contribution is -2.18. The summed E-state index contributed by atoms with van der Waals surface area (Å²) in [6, 6.07) is 11.1. The standard InChI is InChI=1S/C13H14ClNO2S/c1-16-10-4-2-3-5-11(10)17-8-9(15)12-6-7-13(14)18-12/h2-7,9H,8,15H2,1H3. The summed E-state index contributed by atoms with van der Waals surface area (Å²) in [5.74, 6) is 1.40. The molecule has 0 bridgehead atoms. The Bertz CT molecular complexity index is 515. The van der Waals surface area contributed by atoms with Crippen LogP contribution in [0.2, 0.25) is 4.34 Å². The van der Waals surface area contributed by atoms with E-state index in [9.17, 15) is 0 Å². The van der Waals surface area contributed by atoms with Gasteiger partial charge in [0, 0.05) is 4.88 Å². The lowest BCUT2D eigenvalue weighted by Gasteiger charge is -2.13. The van der Waals surface area contributed by atoms with Crippen molar-refractivity contribution in [3.05, 3.63) is 45.6 Å². The maximum absolute atomic E-state index is 6.03. The van der Waals surface area contributed by atoms with E-state index >= 15 is 0 Å². The fourth-order valence-corrected chi connectivity index (χ4v) is 2.57. The molecular formula is C13H14ClNO2S. The zero-order valence-corrected chi connectivity index (χ0v) is 11.5. The normalized spacial score (nSPS) is 12.2. The first-order chi connectivity index (χ1) is 8.70. The summed E-state index contributed by atoms with van der Waals surface area (Å²) in [5, 5.41) is 0. The summed E-state index contributed by atoms with van der Waals surface area (Å²) in [5.41, 5.74) is 6.03. The van der Waals surface area contributed by atoms with Gasteiger partial charge in [0.15, 0.2) is 11.5 Å². The highest BCUT2D eigenvalue weighted by molar-refractivity contribution is 7.16. The van der Waals surface area contributed by atoms with E-state index in [2.05, 4.69) is 0 Å². The summed E-state index contributed by atoms with van der Waals surface area (Å²) in [6.45, 7) is 0.386. The Morgan fingerprint density at radius 1 is 1.22 bits per heavy atom. The lowest BCUT2D eigenvalue weighted by molar-refractivity contribution is 0.274. The molecule has 1 aromatic heterocycles. The van der Waals surface area contributed by atoms with Crippen LogP contribution in [0, 0.1) is 0 Å². The van der Waals surface area contributed by atoms with E-state index in [1.165, 1.54) is 11.3 Å². The number of halogens is 1. The highest BCUT2D eigenvalue weighted by atomic mass is 35.5. The minimum Gasteiger partial charge on any atom is -0.493 e. The SMILES string of the molecule is COc1ccccc1OCC(N)c1ccc(Cl)s1. The summed E-state index contributed by atoms with van der Waals surface area (Å²) < 4.78 is 11.6. The van der Waals surface area contributed by atoms with Crippen molar-refractivity contribution in [2.45, 2.75) is 6.04 Å². The van der Waals surface area contributed by atoms with Crippen LogP contribution in [0.15, 0.2) is 36.4 Å². The van der Waals surface area contributed by atoms with E-state index in [1.54, 1.807) is 7.11 Å². The molecule has 5 heteroatoms. The average molecular weight is 284 g/mol. The van der Waals surface area contributed by atoms with Crippen LogP contribution in [0.1, 0.15) is 10.9 Å². The second-order valence-electron chi connectivity index (χ2n) is 3.71. The predicted octanol–water partition coefficient (Wildman–Crippen LogP) is 3.49. The van der Waals surface area contributed by atoms with Gasteiger partial charge in [0.25, 0.3) is 0 Å². The maximum atomic E-state index is 6.03. The number of thiophene rings is 1. The Kier molecular flexibility index (Phi) is 4.47. The number of para-hydroxylation sites is 2. The fourth-order valence-electron chi connectivity index (χ4n) is 1.53. The van der Waals surface area contributed by atoms with Gasteiger partial charge in [-0.05, 0) is 24.3 Å². The number of hydrogen-bond donors (Lipinski definition) is 1. The number of methoxy groups -OCH3 is 1. The Balaban J connectivity index is 1.99. The van der Waals surface area contributed by atoms with E-state index in [4.69, 9.17) is 26.8 Å². The molecule has 1 aromatic carbocycles. The lowest BCUT2D eigenvalue weighted by atomic mass is 10.2. The summed E-state index contributed by atoms with van der Waals surface area (Å²) in [7, 11) is 1.61. The molecule has 1 atom stereocenters. The van der Waals surface area contributed by atoms with Gasteiger partial charge in [-0.25, -0.2) is 0 Å². The van der Waals surface area contributed by atoms with Gasteiger partial charge < -0.3 is 15.2 Å². The van der Waals surface area contributed by atoms with Crippen LogP contribution in [0.4, 0.5) is 0 Å². The van der Waals surface area contributed by atoms with Crippen molar-refractivity contribution in [1.29, 1.82) is 0 Å². The average Bonchev–Trinajstić information content (AvgIpc) is 2.83. The molecule has 0 saturated heterocycles. The molecule has 1 heterocycles. The fraction of sp³-hybridized carbons (Fsp3) is 0.231. The third-order valence-electron chi connectivity index (χ3n) is 2.45. The van der Waals surface area contributed by atoms with Crippen molar-refractivity contribution in [2.75, 3.05) is 13.7 Å². The monoisotopic (exact) mass is 283 g/mol. The predicted molar refractivity (Wildman–Crippen MR) is 74.7 cm³/mol. The molecule has 3 nitrogen and oxygen atoms in total. The second-order valence-corrected chi connectivity index (χ2v) is 5.46. The number of ether oxygens (including phenoxy) is 2. The van der Waals surface area contributed by atoms with Gasteiger partial charge >= 0.3 is 0 Å². The zero-order valence-electron chi connectivity index (χ0n) is 9.93. The molecule has 0 aliphatic heterocycles. The molecule has 0 fully saturated rings. The summed E-state index contributed by atoms with van der Waals surface area (Å²) in [6.07, 6.45) is 0. The van der Waals surface area contributed by atoms with Crippen LogP contribution in [-0.4, -0.2) is 13.7 Å². The highest BCUT2D eigenvalue weighted by Crippen LogP contribution is 2.29. The molecule has 0 spiro atoms. The van der Waals surface area contributed by atoms with Crippen molar-refractivity contribution >= 4 is 22.9 Å². The second kappa shape index (κ2) is 6.09. The van der Waals surface area contributed by atoms with Crippen LogP contribution in [0.3, 0.4) is 0 Å². The highest BCUT2D eigenvalue weighted by Gasteiger charge is 2.11. The van der Waals surface area contributed by atoms with Crippen LogP contribution in [0.5, 0.6) is 11.5 Å². The molecule has 2 aromatic rings. The third-order valence-corrected chi connectivity index (χ3v) is 3.81. The van der Waals surface area contributed by atoms with Crippen LogP contribution in [-0.2, 0) is 0 Å². The van der Waals surface area contributed by atoms with Gasteiger partial charge in [0.05, 0.1) is 17.5 Å². The van der Waals surface area contributed by atoms with Crippen molar-refractivity contribution in [3.63, 3.8) is 0 Å². The van der Waals surface area contributed by atoms with E-state index in [0.717, 1.165) is 9.21 Å². The minimum atomic E-state index is -0.188. The quantitative estimate of drug-likeness (QED) is 0.913. The van der Waals surface area contributed by atoms with Crippen LogP contribution < -0.4 is 15.2 Å². The van der Waals surface area contributed by atoms with Gasteiger partial charge in [-0.15, -0.1) is 11.3 Å². The minimum absolute atomic E-state index is 0.188. The molecule has 2 N–H and O–H groups in total. The maximum Gasteiger partial charge on any atom is 0.161 e. The van der Waals surface area contributed by atoms with E-state index in [-0.39, 0.29) is 6.04 Å².